The molecule has 0 aliphatic rings. The van der Waals surface area contributed by atoms with E-state index in [1.54, 1.807) is 0 Å². The zero-order valence-electron chi connectivity index (χ0n) is 12.0. The van der Waals surface area contributed by atoms with Gasteiger partial charge in [-0.1, -0.05) is 57.9 Å². The van der Waals surface area contributed by atoms with Crippen LogP contribution in [0.3, 0.4) is 0 Å². The van der Waals surface area contributed by atoms with Crippen molar-refractivity contribution in [3.05, 3.63) is 24.3 Å². The van der Waals surface area contributed by atoms with Crippen molar-refractivity contribution in [3.63, 3.8) is 0 Å². The Morgan fingerprint density at radius 1 is 1.00 bits per heavy atom. The molecule has 0 bridgehead atoms. The van der Waals surface area contributed by atoms with Crippen molar-refractivity contribution in [3.8, 4) is 0 Å². The SMILES string of the molecule is C=C(C)C(CC(C)(CCC)CCC)C(=C)C. The average molecular weight is 222 g/mol. The molecule has 0 spiro atoms. The first-order valence-electron chi connectivity index (χ1n) is 6.67. The largest absolute Gasteiger partial charge is 0.0995 e. The molecule has 0 radical (unpaired) electrons. The van der Waals surface area contributed by atoms with E-state index in [4.69, 9.17) is 0 Å². The fraction of sp³-hybridized carbons (Fsp3) is 0.750. The van der Waals surface area contributed by atoms with Crippen molar-refractivity contribution >= 4 is 0 Å². The molecule has 0 aliphatic heterocycles. The average Bonchev–Trinajstić information content (AvgIpc) is 2.14. The molecule has 0 unspecified atom stereocenters. The van der Waals surface area contributed by atoms with Crippen molar-refractivity contribution in [2.75, 3.05) is 0 Å². The molecule has 0 saturated heterocycles. The monoisotopic (exact) mass is 222 g/mol. The smallest absolute Gasteiger partial charge is 0.000119 e. The van der Waals surface area contributed by atoms with Crippen LogP contribution in [0.2, 0.25) is 0 Å². The van der Waals surface area contributed by atoms with Gasteiger partial charge in [-0.05, 0) is 38.5 Å². The minimum Gasteiger partial charge on any atom is -0.0995 e. The van der Waals surface area contributed by atoms with Gasteiger partial charge in [0.15, 0.2) is 0 Å². The third-order valence-electron chi connectivity index (χ3n) is 3.59. The van der Waals surface area contributed by atoms with Gasteiger partial charge in [0, 0.05) is 5.92 Å². The van der Waals surface area contributed by atoms with Crippen molar-refractivity contribution in [2.45, 2.75) is 66.7 Å². The van der Waals surface area contributed by atoms with E-state index in [1.807, 2.05) is 0 Å². The Morgan fingerprint density at radius 3 is 1.62 bits per heavy atom. The lowest BCUT2D eigenvalue weighted by atomic mass is 9.71. The number of allylic oxidation sites excluding steroid dienone is 2. The first-order valence-corrected chi connectivity index (χ1v) is 6.67. The zero-order chi connectivity index (χ0) is 12.8. The van der Waals surface area contributed by atoms with Gasteiger partial charge in [-0.2, -0.15) is 0 Å². The molecule has 0 heterocycles. The molecule has 0 fully saturated rings. The standard InChI is InChI=1S/C16H30/c1-8-10-16(7,11-9-2)12-15(13(3)4)14(5)6/h15H,3,5,8-12H2,1-2,4,6-7H3. The predicted octanol–water partition coefficient (Wildman–Crippen LogP) is 5.75. The van der Waals surface area contributed by atoms with E-state index in [-0.39, 0.29) is 0 Å². The summed E-state index contributed by atoms with van der Waals surface area (Å²) in [5.74, 6) is 0.503. The van der Waals surface area contributed by atoms with Gasteiger partial charge in [-0.25, -0.2) is 0 Å². The molecular weight excluding hydrogens is 192 g/mol. The van der Waals surface area contributed by atoms with E-state index in [2.05, 4.69) is 47.8 Å². The summed E-state index contributed by atoms with van der Waals surface area (Å²) in [4.78, 5) is 0. The van der Waals surface area contributed by atoms with E-state index < -0.39 is 0 Å². The minimum absolute atomic E-state index is 0.464. The maximum atomic E-state index is 4.12. The van der Waals surface area contributed by atoms with Gasteiger partial charge in [0.25, 0.3) is 0 Å². The van der Waals surface area contributed by atoms with Crippen LogP contribution in [0.25, 0.3) is 0 Å². The molecule has 0 heteroatoms. The lowest BCUT2D eigenvalue weighted by Crippen LogP contribution is -2.21. The van der Waals surface area contributed by atoms with E-state index >= 15 is 0 Å². The Hall–Kier alpha value is -0.520. The Morgan fingerprint density at radius 2 is 1.38 bits per heavy atom. The Labute approximate surface area is 103 Å². The first kappa shape index (κ1) is 15.5. The van der Waals surface area contributed by atoms with Crippen molar-refractivity contribution < 1.29 is 0 Å². The summed E-state index contributed by atoms with van der Waals surface area (Å²) in [6.07, 6.45) is 6.40. The van der Waals surface area contributed by atoms with Gasteiger partial charge < -0.3 is 0 Å². The number of hydrogen-bond donors (Lipinski definition) is 0. The lowest BCUT2D eigenvalue weighted by molar-refractivity contribution is 0.222. The van der Waals surface area contributed by atoms with Crippen LogP contribution < -0.4 is 0 Å². The third-order valence-corrected chi connectivity index (χ3v) is 3.59. The summed E-state index contributed by atoms with van der Waals surface area (Å²) in [6, 6.07) is 0. The molecule has 0 aliphatic carbocycles. The molecule has 0 atom stereocenters. The highest BCUT2D eigenvalue weighted by atomic mass is 14.3. The van der Waals surface area contributed by atoms with E-state index in [0.717, 1.165) is 0 Å². The van der Waals surface area contributed by atoms with Gasteiger partial charge in [0.1, 0.15) is 0 Å². The van der Waals surface area contributed by atoms with Gasteiger partial charge in [-0.15, -0.1) is 0 Å². The fourth-order valence-electron chi connectivity index (χ4n) is 2.80. The summed E-state index contributed by atoms with van der Waals surface area (Å²) in [6.45, 7) is 19.5. The molecule has 0 N–H and O–H groups in total. The molecule has 0 aromatic heterocycles. The Bertz CT molecular complexity index is 214. The van der Waals surface area contributed by atoms with Gasteiger partial charge >= 0.3 is 0 Å². The van der Waals surface area contributed by atoms with E-state index in [9.17, 15) is 0 Å². The highest BCUT2D eigenvalue weighted by Crippen LogP contribution is 2.39. The van der Waals surface area contributed by atoms with Crippen molar-refractivity contribution in [1.82, 2.24) is 0 Å². The fourth-order valence-corrected chi connectivity index (χ4v) is 2.80. The molecule has 0 rings (SSSR count). The van der Waals surface area contributed by atoms with Crippen LogP contribution in [-0.4, -0.2) is 0 Å². The highest BCUT2D eigenvalue weighted by molar-refractivity contribution is 5.13. The van der Waals surface area contributed by atoms with Crippen LogP contribution in [0.1, 0.15) is 66.7 Å². The summed E-state index contributed by atoms with van der Waals surface area (Å²) in [7, 11) is 0. The van der Waals surface area contributed by atoms with Crippen molar-refractivity contribution in [1.29, 1.82) is 0 Å². The quantitative estimate of drug-likeness (QED) is 0.459. The summed E-state index contributed by atoms with van der Waals surface area (Å²) in [5.41, 5.74) is 3.00. The highest BCUT2D eigenvalue weighted by Gasteiger charge is 2.27. The predicted molar refractivity (Wildman–Crippen MR) is 75.7 cm³/mol. The van der Waals surface area contributed by atoms with Gasteiger partial charge in [-0.3, -0.25) is 0 Å². The maximum absolute atomic E-state index is 4.12. The normalized spacial score (nSPS) is 11.9. The maximum Gasteiger partial charge on any atom is 0.000119 e. The second kappa shape index (κ2) is 6.93. The molecule has 0 aromatic carbocycles. The first-order chi connectivity index (χ1) is 7.36. The van der Waals surface area contributed by atoms with Gasteiger partial charge in [0.05, 0.1) is 0 Å². The molecule has 94 valence electrons. The van der Waals surface area contributed by atoms with Gasteiger partial charge in [0.2, 0.25) is 0 Å². The van der Waals surface area contributed by atoms with Crippen molar-refractivity contribution in [2.24, 2.45) is 11.3 Å². The molecule has 0 aromatic rings. The second-order valence-electron chi connectivity index (χ2n) is 5.76. The Balaban J connectivity index is 4.69. The molecule has 0 nitrogen and oxygen atoms in total. The Kier molecular flexibility index (Phi) is 6.71. The molecular formula is C16H30. The third kappa shape index (κ3) is 5.01. The van der Waals surface area contributed by atoms with Crippen LogP contribution in [0.4, 0.5) is 0 Å². The summed E-state index contributed by atoms with van der Waals surface area (Å²) in [5, 5.41) is 0. The van der Waals surface area contributed by atoms with Crippen LogP contribution >= 0.6 is 0 Å². The molecule has 16 heavy (non-hydrogen) atoms. The summed E-state index contributed by atoms with van der Waals surface area (Å²) >= 11 is 0. The van der Waals surface area contributed by atoms with Crippen LogP contribution in [0.15, 0.2) is 24.3 Å². The molecule has 0 saturated carbocycles. The summed E-state index contributed by atoms with van der Waals surface area (Å²) < 4.78 is 0. The zero-order valence-corrected chi connectivity index (χ0v) is 12.0. The minimum atomic E-state index is 0.464. The topological polar surface area (TPSA) is 0 Å². The second-order valence-corrected chi connectivity index (χ2v) is 5.76. The number of rotatable bonds is 8. The van der Waals surface area contributed by atoms with Crippen LogP contribution in [0.5, 0.6) is 0 Å². The van der Waals surface area contributed by atoms with Crippen LogP contribution in [0, 0.1) is 11.3 Å². The van der Waals surface area contributed by atoms with Crippen LogP contribution in [-0.2, 0) is 0 Å². The van der Waals surface area contributed by atoms with E-state index in [1.165, 1.54) is 43.3 Å². The number of hydrogen-bond acceptors (Lipinski definition) is 0. The lowest BCUT2D eigenvalue weighted by Gasteiger charge is -2.34. The molecule has 0 amide bonds. The van der Waals surface area contributed by atoms with E-state index in [0.29, 0.717) is 11.3 Å².